The third-order valence-electron chi connectivity index (χ3n) is 4.17. The molecule has 1 saturated carbocycles. The van der Waals surface area contributed by atoms with Crippen LogP contribution < -0.4 is 5.32 Å². The van der Waals surface area contributed by atoms with Crippen molar-refractivity contribution in [3.05, 3.63) is 0 Å². The maximum absolute atomic E-state index is 12.2. The first-order valence-electron chi connectivity index (χ1n) is 7.12. The molecule has 1 atom stereocenters. The van der Waals surface area contributed by atoms with Crippen molar-refractivity contribution in [1.29, 1.82) is 0 Å². The van der Waals surface area contributed by atoms with Crippen LogP contribution in [0.15, 0.2) is 0 Å². The summed E-state index contributed by atoms with van der Waals surface area (Å²) >= 11 is 0. The van der Waals surface area contributed by atoms with Gasteiger partial charge in [-0.05, 0) is 52.0 Å². The summed E-state index contributed by atoms with van der Waals surface area (Å²) in [6.07, 6.45) is 9.38. The van der Waals surface area contributed by atoms with E-state index in [1.54, 1.807) is 0 Å². The highest BCUT2D eigenvalue weighted by Crippen LogP contribution is 2.29. The summed E-state index contributed by atoms with van der Waals surface area (Å²) in [5.41, 5.74) is -0.287. The Morgan fingerprint density at radius 2 is 1.88 bits per heavy atom. The third-order valence-corrected chi connectivity index (χ3v) is 4.17. The molecule has 3 heteroatoms. The lowest BCUT2D eigenvalue weighted by molar-refractivity contribution is -0.162. The van der Waals surface area contributed by atoms with Crippen LogP contribution in [0.5, 0.6) is 0 Å². The fraction of sp³-hybridized carbons (Fsp3) is 0.929. The van der Waals surface area contributed by atoms with E-state index in [-0.39, 0.29) is 17.5 Å². The molecular weight excluding hydrogens is 214 g/mol. The van der Waals surface area contributed by atoms with Gasteiger partial charge in [-0.3, -0.25) is 4.79 Å². The maximum atomic E-state index is 12.2. The van der Waals surface area contributed by atoms with Crippen LogP contribution in [0.25, 0.3) is 0 Å². The van der Waals surface area contributed by atoms with Crippen molar-refractivity contribution >= 4 is 5.97 Å². The highest BCUT2D eigenvalue weighted by Gasteiger charge is 2.37. The Bertz CT molecular complexity index is 251. The average molecular weight is 239 g/mol. The van der Waals surface area contributed by atoms with Gasteiger partial charge in [0.15, 0.2) is 0 Å². The number of esters is 1. The van der Waals surface area contributed by atoms with E-state index in [9.17, 15) is 4.79 Å². The Balaban J connectivity index is 1.86. The summed E-state index contributed by atoms with van der Waals surface area (Å²) in [5.74, 6) is 0.0246. The molecule has 2 fully saturated rings. The van der Waals surface area contributed by atoms with Gasteiger partial charge < -0.3 is 10.1 Å². The van der Waals surface area contributed by atoms with E-state index in [1.807, 2.05) is 6.92 Å². The quantitative estimate of drug-likeness (QED) is 0.594. The smallest absolute Gasteiger partial charge is 0.313 e. The Morgan fingerprint density at radius 3 is 2.47 bits per heavy atom. The van der Waals surface area contributed by atoms with Gasteiger partial charge in [-0.2, -0.15) is 0 Å². The molecule has 1 aliphatic heterocycles. The molecule has 1 unspecified atom stereocenters. The van der Waals surface area contributed by atoms with Gasteiger partial charge in [-0.1, -0.05) is 12.8 Å². The lowest BCUT2D eigenvalue weighted by Gasteiger charge is -2.33. The lowest BCUT2D eigenvalue weighted by Crippen LogP contribution is -2.45. The molecule has 0 spiro atoms. The maximum Gasteiger partial charge on any atom is 0.313 e. The highest BCUT2D eigenvalue weighted by atomic mass is 16.5. The number of rotatable bonds is 2. The lowest BCUT2D eigenvalue weighted by atomic mass is 9.83. The SMILES string of the molecule is CC1(C(=O)OC2CCCCCC2)CCCNC1. The first kappa shape index (κ1) is 12.9. The monoisotopic (exact) mass is 239 g/mol. The summed E-state index contributed by atoms with van der Waals surface area (Å²) in [7, 11) is 0. The van der Waals surface area contributed by atoms with Crippen LogP contribution in [0.4, 0.5) is 0 Å². The van der Waals surface area contributed by atoms with Gasteiger partial charge in [0.25, 0.3) is 0 Å². The molecule has 1 N–H and O–H groups in total. The van der Waals surface area contributed by atoms with Crippen LogP contribution in [0.3, 0.4) is 0 Å². The Kier molecular flexibility index (Phi) is 4.43. The summed E-state index contributed by atoms with van der Waals surface area (Å²) in [4.78, 5) is 12.2. The fourth-order valence-electron chi connectivity index (χ4n) is 2.88. The molecule has 2 aliphatic rings. The minimum absolute atomic E-state index is 0.0246. The number of carbonyl (C=O) groups excluding carboxylic acids is 1. The second-order valence-corrected chi connectivity index (χ2v) is 5.86. The van der Waals surface area contributed by atoms with E-state index in [0.717, 1.165) is 38.8 Å². The van der Waals surface area contributed by atoms with Crippen molar-refractivity contribution < 1.29 is 9.53 Å². The molecule has 1 saturated heterocycles. The molecule has 98 valence electrons. The first-order chi connectivity index (χ1) is 8.21. The Hall–Kier alpha value is -0.570. The van der Waals surface area contributed by atoms with Crippen LogP contribution in [-0.4, -0.2) is 25.2 Å². The second-order valence-electron chi connectivity index (χ2n) is 5.86. The molecule has 3 nitrogen and oxygen atoms in total. The van der Waals surface area contributed by atoms with Crippen LogP contribution in [0, 0.1) is 5.41 Å². The first-order valence-corrected chi connectivity index (χ1v) is 7.12. The van der Waals surface area contributed by atoms with Crippen molar-refractivity contribution in [2.24, 2.45) is 5.41 Å². The molecule has 1 heterocycles. The van der Waals surface area contributed by atoms with Gasteiger partial charge in [0.05, 0.1) is 5.41 Å². The minimum Gasteiger partial charge on any atom is -0.462 e. The van der Waals surface area contributed by atoms with Gasteiger partial charge in [0.2, 0.25) is 0 Å². The van der Waals surface area contributed by atoms with Gasteiger partial charge in [-0.15, -0.1) is 0 Å². The van der Waals surface area contributed by atoms with Crippen LogP contribution in [0.2, 0.25) is 0 Å². The molecule has 2 rings (SSSR count). The number of hydrogen-bond donors (Lipinski definition) is 1. The highest BCUT2D eigenvalue weighted by molar-refractivity contribution is 5.77. The molecule has 0 radical (unpaired) electrons. The zero-order valence-corrected chi connectivity index (χ0v) is 11.0. The molecule has 0 bridgehead atoms. The van der Waals surface area contributed by atoms with Crippen molar-refractivity contribution in [1.82, 2.24) is 5.32 Å². The molecule has 0 aromatic carbocycles. The van der Waals surface area contributed by atoms with Gasteiger partial charge in [0.1, 0.15) is 6.10 Å². The van der Waals surface area contributed by atoms with Crippen molar-refractivity contribution in [3.8, 4) is 0 Å². The minimum atomic E-state index is -0.287. The molecule has 0 aromatic heterocycles. The van der Waals surface area contributed by atoms with E-state index < -0.39 is 0 Å². The molecule has 0 amide bonds. The predicted octanol–water partition coefficient (Wildman–Crippen LogP) is 2.64. The number of carbonyl (C=O) groups is 1. The molecular formula is C14H25NO2. The number of ether oxygens (including phenoxy) is 1. The van der Waals surface area contributed by atoms with E-state index >= 15 is 0 Å². The Labute approximate surface area is 104 Å². The average Bonchev–Trinajstić information content (AvgIpc) is 2.58. The topological polar surface area (TPSA) is 38.3 Å². The Morgan fingerprint density at radius 1 is 1.18 bits per heavy atom. The molecule has 1 aliphatic carbocycles. The predicted molar refractivity (Wildman–Crippen MR) is 67.8 cm³/mol. The standard InChI is InChI=1S/C14H25NO2/c1-14(9-6-10-15-11-14)13(16)17-12-7-4-2-3-5-8-12/h12,15H,2-11H2,1H3. The number of piperidine rings is 1. The third kappa shape index (κ3) is 3.44. The summed E-state index contributed by atoms with van der Waals surface area (Å²) in [5, 5.41) is 3.30. The second kappa shape index (κ2) is 5.85. The van der Waals surface area contributed by atoms with Crippen LogP contribution in [0.1, 0.15) is 58.3 Å². The number of nitrogens with one attached hydrogen (secondary N) is 1. The zero-order valence-electron chi connectivity index (χ0n) is 11.0. The van der Waals surface area contributed by atoms with Crippen LogP contribution in [-0.2, 0) is 9.53 Å². The van der Waals surface area contributed by atoms with E-state index in [0.29, 0.717) is 0 Å². The van der Waals surface area contributed by atoms with E-state index in [4.69, 9.17) is 4.74 Å². The summed E-state index contributed by atoms with van der Waals surface area (Å²) in [6.45, 7) is 3.85. The largest absolute Gasteiger partial charge is 0.462 e. The van der Waals surface area contributed by atoms with Gasteiger partial charge >= 0.3 is 5.97 Å². The summed E-state index contributed by atoms with van der Waals surface area (Å²) in [6, 6.07) is 0. The fourth-order valence-corrected chi connectivity index (χ4v) is 2.88. The normalized spacial score (nSPS) is 31.8. The number of hydrogen-bond acceptors (Lipinski definition) is 3. The summed E-state index contributed by atoms with van der Waals surface area (Å²) < 4.78 is 5.73. The van der Waals surface area contributed by atoms with Gasteiger partial charge in [0, 0.05) is 6.54 Å². The van der Waals surface area contributed by atoms with E-state index in [2.05, 4.69) is 5.32 Å². The zero-order chi connectivity index (χ0) is 12.1. The van der Waals surface area contributed by atoms with Crippen molar-refractivity contribution in [2.75, 3.05) is 13.1 Å². The van der Waals surface area contributed by atoms with Gasteiger partial charge in [-0.25, -0.2) is 0 Å². The van der Waals surface area contributed by atoms with Crippen molar-refractivity contribution in [3.63, 3.8) is 0 Å². The van der Waals surface area contributed by atoms with Crippen molar-refractivity contribution in [2.45, 2.75) is 64.4 Å². The van der Waals surface area contributed by atoms with E-state index in [1.165, 1.54) is 25.7 Å². The molecule has 0 aromatic rings. The van der Waals surface area contributed by atoms with Crippen LogP contribution >= 0.6 is 0 Å². The molecule has 17 heavy (non-hydrogen) atoms.